The van der Waals surface area contributed by atoms with E-state index in [0.29, 0.717) is 0 Å². The molecule has 1 aromatic carbocycles. The molecule has 1 amide bonds. The molecule has 1 rings (SSSR count). The largest absolute Gasteiger partial charge is 0.324 e. The van der Waals surface area contributed by atoms with Gasteiger partial charge in [0.2, 0.25) is 5.91 Å². The first-order valence-electron chi connectivity index (χ1n) is 4.60. The molecule has 15 heavy (non-hydrogen) atoms. The molecule has 3 N–H and O–H groups in total. The van der Waals surface area contributed by atoms with E-state index in [4.69, 9.17) is 5.73 Å². The molecule has 0 aliphatic heterocycles. The highest BCUT2D eigenvalue weighted by Crippen LogP contribution is 2.26. The molecule has 0 aliphatic carbocycles. The third-order valence-electron chi connectivity index (χ3n) is 1.70. The Bertz CT molecular complexity index is 352. The Kier molecular flexibility index (Phi) is 4.93. The lowest BCUT2D eigenvalue weighted by atomic mass is 10.3. The second kappa shape index (κ2) is 6.27. The van der Waals surface area contributed by atoms with Crippen molar-refractivity contribution in [2.45, 2.75) is 4.90 Å². The third kappa shape index (κ3) is 3.77. The van der Waals surface area contributed by atoms with Crippen LogP contribution in [0.15, 0.2) is 41.8 Å². The summed E-state index contributed by atoms with van der Waals surface area (Å²) in [4.78, 5) is 12.2. The summed E-state index contributed by atoms with van der Waals surface area (Å²) in [5.74, 6) is 0.636. The summed E-state index contributed by atoms with van der Waals surface area (Å²) in [5, 5.41) is 2.75. The quantitative estimate of drug-likeness (QED) is 0.590. The van der Waals surface area contributed by atoms with E-state index in [1.807, 2.05) is 30.3 Å². The number of carbonyl (C=O) groups excluding carboxylic acids is 1. The van der Waals surface area contributed by atoms with Gasteiger partial charge in [-0.15, -0.1) is 18.3 Å². The molecule has 0 unspecified atom stereocenters. The van der Waals surface area contributed by atoms with Crippen LogP contribution in [0.1, 0.15) is 0 Å². The maximum atomic E-state index is 11.1. The number of hydrogen-bond donors (Lipinski definition) is 2. The third-order valence-corrected chi connectivity index (χ3v) is 2.77. The summed E-state index contributed by atoms with van der Waals surface area (Å²) in [7, 11) is 0. The monoisotopic (exact) mass is 222 g/mol. The normalized spacial score (nSPS) is 9.67. The van der Waals surface area contributed by atoms with Gasteiger partial charge in [0.25, 0.3) is 0 Å². The van der Waals surface area contributed by atoms with Crippen molar-refractivity contribution in [1.82, 2.24) is 0 Å². The number of nitrogens with two attached hydrogens (primary N) is 1. The standard InChI is InChI=1S/C11H14N2OS/c1-2-7-15-10-6-4-3-5-9(10)13-11(14)8-12/h2-6H,1,7-8,12H2,(H,13,14). The van der Waals surface area contributed by atoms with E-state index >= 15 is 0 Å². The van der Waals surface area contributed by atoms with Crippen molar-refractivity contribution in [2.75, 3.05) is 17.6 Å². The van der Waals surface area contributed by atoms with E-state index in [0.717, 1.165) is 16.3 Å². The minimum absolute atomic E-state index is 0.000456. The maximum absolute atomic E-state index is 11.1. The van der Waals surface area contributed by atoms with E-state index in [2.05, 4.69) is 11.9 Å². The maximum Gasteiger partial charge on any atom is 0.238 e. The van der Waals surface area contributed by atoms with Crippen molar-refractivity contribution in [1.29, 1.82) is 0 Å². The summed E-state index contributed by atoms with van der Waals surface area (Å²) >= 11 is 1.63. The van der Waals surface area contributed by atoms with Gasteiger partial charge in [0.1, 0.15) is 0 Å². The van der Waals surface area contributed by atoms with E-state index in [1.165, 1.54) is 0 Å². The Morgan fingerprint density at radius 3 is 2.93 bits per heavy atom. The number of amides is 1. The minimum atomic E-state index is -0.179. The second-order valence-corrected chi connectivity index (χ2v) is 3.91. The van der Waals surface area contributed by atoms with Crippen LogP contribution in [0.4, 0.5) is 5.69 Å². The Morgan fingerprint density at radius 1 is 1.53 bits per heavy atom. The van der Waals surface area contributed by atoms with Crippen LogP contribution in [0.5, 0.6) is 0 Å². The van der Waals surface area contributed by atoms with Gasteiger partial charge in [-0.25, -0.2) is 0 Å². The number of nitrogens with one attached hydrogen (secondary N) is 1. The van der Waals surface area contributed by atoms with Crippen LogP contribution in [0.3, 0.4) is 0 Å². The van der Waals surface area contributed by atoms with Gasteiger partial charge < -0.3 is 11.1 Å². The Labute approximate surface area is 93.7 Å². The minimum Gasteiger partial charge on any atom is -0.324 e. The molecule has 0 heterocycles. The Balaban J connectivity index is 2.76. The van der Waals surface area contributed by atoms with E-state index in [-0.39, 0.29) is 12.5 Å². The highest BCUT2D eigenvalue weighted by molar-refractivity contribution is 7.99. The van der Waals surface area contributed by atoms with Crippen LogP contribution in [0, 0.1) is 0 Å². The van der Waals surface area contributed by atoms with Gasteiger partial charge in [-0.3, -0.25) is 4.79 Å². The second-order valence-electron chi connectivity index (χ2n) is 2.85. The molecular formula is C11H14N2OS. The first kappa shape index (κ1) is 11.8. The van der Waals surface area contributed by atoms with Gasteiger partial charge in [0.05, 0.1) is 12.2 Å². The molecule has 0 fully saturated rings. The molecule has 0 radical (unpaired) electrons. The highest BCUT2D eigenvalue weighted by atomic mass is 32.2. The molecule has 0 atom stereocenters. The highest BCUT2D eigenvalue weighted by Gasteiger charge is 2.04. The molecule has 80 valence electrons. The number of benzene rings is 1. The zero-order valence-electron chi connectivity index (χ0n) is 8.40. The van der Waals surface area contributed by atoms with Crippen LogP contribution in [0.25, 0.3) is 0 Å². The van der Waals surface area contributed by atoms with Crippen molar-refractivity contribution in [3.8, 4) is 0 Å². The van der Waals surface area contributed by atoms with Crippen molar-refractivity contribution in [3.05, 3.63) is 36.9 Å². The Hall–Kier alpha value is -1.26. The molecule has 0 spiro atoms. The number of hydrogen-bond acceptors (Lipinski definition) is 3. The predicted molar refractivity (Wildman–Crippen MR) is 65.0 cm³/mol. The lowest BCUT2D eigenvalue weighted by Gasteiger charge is -2.08. The summed E-state index contributed by atoms with van der Waals surface area (Å²) in [5.41, 5.74) is 6.04. The van der Waals surface area contributed by atoms with Crippen LogP contribution >= 0.6 is 11.8 Å². The predicted octanol–water partition coefficient (Wildman–Crippen LogP) is 1.86. The first-order valence-corrected chi connectivity index (χ1v) is 5.59. The van der Waals surface area contributed by atoms with Crippen LogP contribution in [-0.4, -0.2) is 18.2 Å². The van der Waals surface area contributed by atoms with E-state index < -0.39 is 0 Å². The van der Waals surface area contributed by atoms with Gasteiger partial charge in [0, 0.05) is 10.6 Å². The number of thioether (sulfide) groups is 1. The lowest BCUT2D eigenvalue weighted by Crippen LogP contribution is -2.22. The van der Waals surface area contributed by atoms with Crippen LogP contribution < -0.4 is 11.1 Å². The van der Waals surface area contributed by atoms with Crippen molar-refractivity contribution in [2.24, 2.45) is 5.73 Å². The van der Waals surface area contributed by atoms with E-state index in [1.54, 1.807) is 11.8 Å². The molecule has 0 saturated heterocycles. The molecule has 0 aromatic heterocycles. The zero-order chi connectivity index (χ0) is 11.1. The average molecular weight is 222 g/mol. The summed E-state index contributed by atoms with van der Waals surface area (Å²) in [6, 6.07) is 7.63. The van der Waals surface area contributed by atoms with Crippen LogP contribution in [0.2, 0.25) is 0 Å². The van der Waals surface area contributed by atoms with Crippen molar-refractivity contribution < 1.29 is 4.79 Å². The number of para-hydroxylation sites is 1. The zero-order valence-corrected chi connectivity index (χ0v) is 9.22. The van der Waals surface area contributed by atoms with Crippen molar-refractivity contribution in [3.63, 3.8) is 0 Å². The molecule has 0 bridgehead atoms. The van der Waals surface area contributed by atoms with Crippen LogP contribution in [-0.2, 0) is 4.79 Å². The molecule has 1 aromatic rings. The lowest BCUT2D eigenvalue weighted by molar-refractivity contribution is -0.114. The SMILES string of the molecule is C=CCSc1ccccc1NC(=O)CN. The Morgan fingerprint density at radius 2 is 2.27 bits per heavy atom. The summed E-state index contributed by atoms with van der Waals surface area (Å²) < 4.78 is 0. The van der Waals surface area contributed by atoms with Gasteiger partial charge >= 0.3 is 0 Å². The fourth-order valence-corrected chi connectivity index (χ4v) is 1.79. The molecule has 0 saturated carbocycles. The fourth-order valence-electron chi connectivity index (χ4n) is 1.05. The van der Waals surface area contributed by atoms with Crippen molar-refractivity contribution >= 4 is 23.4 Å². The first-order chi connectivity index (χ1) is 7.27. The number of anilines is 1. The van der Waals surface area contributed by atoms with Gasteiger partial charge in [-0.2, -0.15) is 0 Å². The number of carbonyl (C=O) groups is 1. The van der Waals surface area contributed by atoms with E-state index in [9.17, 15) is 4.79 Å². The average Bonchev–Trinajstić information content (AvgIpc) is 2.28. The molecular weight excluding hydrogens is 208 g/mol. The summed E-state index contributed by atoms with van der Waals surface area (Å²) in [6.07, 6.45) is 1.83. The number of rotatable bonds is 5. The topological polar surface area (TPSA) is 55.1 Å². The van der Waals surface area contributed by atoms with Gasteiger partial charge in [0.15, 0.2) is 0 Å². The molecule has 3 nitrogen and oxygen atoms in total. The van der Waals surface area contributed by atoms with Gasteiger partial charge in [-0.1, -0.05) is 18.2 Å². The smallest absolute Gasteiger partial charge is 0.238 e. The molecule has 4 heteroatoms. The molecule has 0 aliphatic rings. The summed E-state index contributed by atoms with van der Waals surface area (Å²) in [6.45, 7) is 3.65. The van der Waals surface area contributed by atoms with Gasteiger partial charge in [-0.05, 0) is 12.1 Å². The fraction of sp³-hybridized carbons (Fsp3) is 0.182.